The third-order valence-electron chi connectivity index (χ3n) is 2.82. The number of carbonyl (C=O) groups is 1. The normalized spacial score (nSPS) is 10.3. The Labute approximate surface area is 110 Å². The molecular formula is C13H15N3OS. The number of hydrogen-bond donors (Lipinski definition) is 2. The Morgan fingerprint density at radius 2 is 2.28 bits per heavy atom. The highest BCUT2D eigenvalue weighted by Crippen LogP contribution is 2.29. The van der Waals surface area contributed by atoms with Gasteiger partial charge in [0, 0.05) is 23.8 Å². The number of anilines is 1. The van der Waals surface area contributed by atoms with Crippen molar-refractivity contribution in [3.63, 3.8) is 0 Å². The number of nitrogen functional groups attached to an aromatic ring is 1. The standard InChI is InChI=1S/C13H15N3OS/c1-8-9(2)18-12(14)11(8)13(17)16-7-10-4-3-5-15-6-10/h3-6H,7,14H2,1-2H3,(H,16,17). The molecule has 0 aromatic carbocycles. The highest BCUT2D eigenvalue weighted by atomic mass is 32.1. The number of hydrogen-bond acceptors (Lipinski definition) is 4. The summed E-state index contributed by atoms with van der Waals surface area (Å²) in [5.41, 5.74) is 8.38. The molecule has 0 saturated heterocycles. The van der Waals surface area contributed by atoms with E-state index >= 15 is 0 Å². The molecule has 18 heavy (non-hydrogen) atoms. The topological polar surface area (TPSA) is 68.0 Å². The van der Waals surface area contributed by atoms with Crippen LogP contribution in [0.2, 0.25) is 0 Å². The summed E-state index contributed by atoms with van der Waals surface area (Å²) in [5, 5.41) is 3.44. The van der Waals surface area contributed by atoms with Crippen molar-refractivity contribution in [1.82, 2.24) is 10.3 Å². The van der Waals surface area contributed by atoms with Crippen LogP contribution in [0.15, 0.2) is 24.5 Å². The number of aromatic nitrogens is 1. The van der Waals surface area contributed by atoms with Gasteiger partial charge < -0.3 is 11.1 Å². The van der Waals surface area contributed by atoms with Crippen LogP contribution in [0.3, 0.4) is 0 Å². The summed E-state index contributed by atoms with van der Waals surface area (Å²) in [6.45, 7) is 4.34. The maximum atomic E-state index is 12.1. The first kappa shape index (κ1) is 12.6. The summed E-state index contributed by atoms with van der Waals surface area (Å²) in [7, 11) is 0. The molecule has 0 atom stereocenters. The lowest BCUT2D eigenvalue weighted by molar-refractivity contribution is 0.0951. The SMILES string of the molecule is Cc1sc(N)c(C(=O)NCc2cccnc2)c1C. The van der Waals surface area contributed by atoms with Crippen LogP contribution in [0.5, 0.6) is 0 Å². The third-order valence-corrected chi connectivity index (χ3v) is 3.85. The van der Waals surface area contributed by atoms with Crippen LogP contribution in [-0.2, 0) is 6.54 Å². The van der Waals surface area contributed by atoms with E-state index in [-0.39, 0.29) is 5.91 Å². The minimum absolute atomic E-state index is 0.127. The minimum atomic E-state index is -0.127. The summed E-state index contributed by atoms with van der Waals surface area (Å²) in [6, 6.07) is 3.76. The molecule has 0 bridgehead atoms. The molecule has 0 aliphatic rings. The van der Waals surface area contributed by atoms with Gasteiger partial charge in [0.2, 0.25) is 0 Å². The third kappa shape index (κ3) is 2.51. The van der Waals surface area contributed by atoms with E-state index in [0.29, 0.717) is 17.1 Å². The Morgan fingerprint density at radius 1 is 1.50 bits per heavy atom. The molecule has 2 heterocycles. The summed E-state index contributed by atoms with van der Waals surface area (Å²) in [6.07, 6.45) is 3.44. The molecule has 0 aliphatic carbocycles. The predicted molar refractivity (Wildman–Crippen MR) is 73.6 cm³/mol. The molecule has 1 amide bonds. The molecule has 0 radical (unpaired) electrons. The first-order valence-electron chi connectivity index (χ1n) is 5.62. The van der Waals surface area contributed by atoms with Gasteiger partial charge in [0.1, 0.15) is 0 Å². The van der Waals surface area contributed by atoms with Gasteiger partial charge >= 0.3 is 0 Å². The van der Waals surface area contributed by atoms with Crippen molar-refractivity contribution in [2.75, 3.05) is 5.73 Å². The molecule has 2 aromatic heterocycles. The molecular weight excluding hydrogens is 246 g/mol. The fourth-order valence-electron chi connectivity index (χ4n) is 1.71. The molecule has 0 aliphatic heterocycles. The number of thiophene rings is 1. The number of rotatable bonds is 3. The maximum Gasteiger partial charge on any atom is 0.254 e. The number of nitrogens with one attached hydrogen (secondary N) is 1. The van der Waals surface area contributed by atoms with Crippen LogP contribution in [-0.4, -0.2) is 10.9 Å². The van der Waals surface area contributed by atoms with Crippen LogP contribution in [0.1, 0.15) is 26.4 Å². The van der Waals surface area contributed by atoms with E-state index in [1.807, 2.05) is 26.0 Å². The van der Waals surface area contributed by atoms with Gasteiger partial charge in [-0.05, 0) is 31.0 Å². The summed E-state index contributed by atoms with van der Waals surface area (Å²) >= 11 is 1.45. The van der Waals surface area contributed by atoms with Gasteiger partial charge in [-0.15, -0.1) is 11.3 Å². The Kier molecular flexibility index (Phi) is 3.62. The average molecular weight is 261 g/mol. The predicted octanol–water partition coefficient (Wildman–Crippen LogP) is 2.27. The van der Waals surface area contributed by atoms with Crippen LogP contribution < -0.4 is 11.1 Å². The molecule has 3 N–H and O–H groups in total. The van der Waals surface area contributed by atoms with Crippen molar-refractivity contribution < 1.29 is 4.79 Å². The first-order chi connectivity index (χ1) is 8.59. The Morgan fingerprint density at radius 3 is 2.83 bits per heavy atom. The molecule has 0 saturated carbocycles. The number of carbonyl (C=O) groups excluding carboxylic acids is 1. The molecule has 0 unspecified atom stereocenters. The Balaban J connectivity index is 2.09. The zero-order valence-corrected chi connectivity index (χ0v) is 11.2. The highest BCUT2D eigenvalue weighted by Gasteiger charge is 2.17. The number of amides is 1. The molecule has 5 heteroatoms. The van der Waals surface area contributed by atoms with Gasteiger partial charge in [0.25, 0.3) is 5.91 Å². The zero-order valence-electron chi connectivity index (χ0n) is 10.4. The highest BCUT2D eigenvalue weighted by molar-refractivity contribution is 7.16. The second kappa shape index (κ2) is 5.18. The summed E-state index contributed by atoms with van der Waals surface area (Å²) in [5.74, 6) is -0.127. The van der Waals surface area contributed by atoms with Gasteiger partial charge in [0.05, 0.1) is 10.6 Å². The van der Waals surface area contributed by atoms with Crippen LogP contribution in [0.25, 0.3) is 0 Å². The van der Waals surface area contributed by atoms with Crippen molar-refractivity contribution in [1.29, 1.82) is 0 Å². The van der Waals surface area contributed by atoms with Gasteiger partial charge in [-0.1, -0.05) is 6.07 Å². The number of pyridine rings is 1. The Bertz CT molecular complexity index is 563. The van der Waals surface area contributed by atoms with Crippen molar-refractivity contribution in [3.05, 3.63) is 46.1 Å². The summed E-state index contributed by atoms with van der Waals surface area (Å²) < 4.78 is 0. The second-order valence-electron chi connectivity index (χ2n) is 4.07. The van der Waals surface area contributed by atoms with Gasteiger partial charge in [-0.2, -0.15) is 0 Å². The molecule has 4 nitrogen and oxygen atoms in total. The number of nitrogens with two attached hydrogens (primary N) is 1. The molecule has 2 rings (SSSR count). The molecule has 2 aromatic rings. The minimum Gasteiger partial charge on any atom is -0.390 e. The quantitative estimate of drug-likeness (QED) is 0.890. The fourth-order valence-corrected chi connectivity index (χ4v) is 2.64. The van der Waals surface area contributed by atoms with E-state index in [4.69, 9.17) is 5.73 Å². The van der Waals surface area contributed by atoms with E-state index in [9.17, 15) is 4.79 Å². The van der Waals surface area contributed by atoms with Gasteiger partial charge in [-0.3, -0.25) is 9.78 Å². The van der Waals surface area contributed by atoms with E-state index in [0.717, 1.165) is 16.0 Å². The van der Waals surface area contributed by atoms with Crippen molar-refractivity contribution in [2.24, 2.45) is 0 Å². The van der Waals surface area contributed by atoms with E-state index in [1.165, 1.54) is 11.3 Å². The lowest BCUT2D eigenvalue weighted by Crippen LogP contribution is -2.23. The van der Waals surface area contributed by atoms with Crippen molar-refractivity contribution in [3.8, 4) is 0 Å². The summed E-state index contributed by atoms with van der Waals surface area (Å²) in [4.78, 5) is 17.2. The number of aryl methyl sites for hydroxylation is 1. The zero-order chi connectivity index (χ0) is 13.1. The van der Waals surface area contributed by atoms with E-state index in [1.54, 1.807) is 12.4 Å². The van der Waals surface area contributed by atoms with Crippen LogP contribution >= 0.6 is 11.3 Å². The van der Waals surface area contributed by atoms with E-state index in [2.05, 4.69) is 10.3 Å². The lowest BCUT2D eigenvalue weighted by Gasteiger charge is -2.05. The average Bonchev–Trinajstić information content (AvgIpc) is 2.62. The van der Waals surface area contributed by atoms with Gasteiger partial charge in [0.15, 0.2) is 0 Å². The molecule has 0 fully saturated rings. The van der Waals surface area contributed by atoms with Crippen molar-refractivity contribution >= 4 is 22.2 Å². The molecule has 0 spiro atoms. The largest absolute Gasteiger partial charge is 0.390 e. The Hall–Kier alpha value is -1.88. The second-order valence-corrected chi connectivity index (χ2v) is 5.32. The maximum absolute atomic E-state index is 12.1. The van der Waals surface area contributed by atoms with Crippen LogP contribution in [0, 0.1) is 13.8 Å². The van der Waals surface area contributed by atoms with Gasteiger partial charge in [-0.25, -0.2) is 0 Å². The fraction of sp³-hybridized carbons (Fsp3) is 0.231. The molecule has 94 valence electrons. The smallest absolute Gasteiger partial charge is 0.254 e. The lowest BCUT2D eigenvalue weighted by atomic mass is 10.1. The van der Waals surface area contributed by atoms with Crippen molar-refractivity contribution in [2.45, 2.75) is 20.4 Å². The monoisotopic (exact) mass is 261 g/mol. The van der Waals surface area contributed by atoms with E-state index < -0.39 is 0 Å². The van der Waals surface area contributed by atoms with Crippen LogP contribution in [0.4, 0.5) is 5.00 Å². The number of nitrogens with zero attached hydrogens (tertiary/aromatic N) is 1. The first-order valence-corrected chi connectivity index (χ1v) is 6.44.